The average Bonchev–Trinajstić information content (AvgIpc) is 2.80. The van der Waals surface area contributed by atoms with Crippen molar-refractivity contribution in [3.63, 3.8) is 0 Å². The lowest BCUT2D eigenvalue weighted by atomic mass is 9.73. The number of para-hydroxylation sites is 2. The van der Waals surface area contributed by atoms with Gasteiger partial charge in [0.05, 0.1) is 31.5 Å². The monoisotopic (exact) mass is 447 g/mol. The maximum absolute atomic E-state index is 12.9. The van der Waals surface area contributed by atoms with Gasteiger partial charge in [0.2, 0.25) is 5.91 Å². The molecule has 0 spiro atoms. The number of nitrogens with zero attached hydrogens (tertiary/aromatic N) is 2. The highest BCUT2D eigenvalue weighted by Crippen LogP contribution is 2.43. The summed E-state index contributed by atoms with van der Waals surface area (Å²) in [6.45, 7) is 4.35. The summed E-state index contributed by atoms with van der Waals surface area (Å²) >= 11 is 0. The van der Waals surface area contributed by atoms with Gasteiger partial charge in [-0.3, -0.25) is 4.79 Å². The second-order valence-corrected chi connectivity index (χ2v) is 8.70. The number of anilines is 1. The van der Waals surface area contributed by atoms with Crippen molar-refractivity contribution in [3.05, 3.63) is 59.7 Å². The number of carbonyl (C=O) groups excluding carboxylic acids is 2. The fourth-order valence-corrected chi connectivity index (χ4v) is 4.61. The molecular formula is C26H29N3O4. The third kappa shape index (κ3) is 4.53. The summed E-state index contributed by atoms with van der Waals surface area (Å²) in [4.78, 5) is 29.0. The van der Waals surface area contributed by atoms with E-state index < -0.39 is 0 Å². The quantitative estimate of drug-likeness (QED) is 0.706. The first kappa shape index (κ1) is 22.7. The SMILES string of the molecule is COc1ccccc1NC(=O)N1CC(=O)N2[C@H](CO)[C@@H](c3ccc(C#CC(C)C)cc3)[C@@H]2C1. The van der Waals surface area contributed by atoms with Crippen molar-refractivity contribution >= 4 is 17.6 Å². The summed E-state index contributed by atoms with van der Waals surface area (Å²) in [6.07, 6.45) is 0. The molecule has 0 aliphatic carbocycles. The van der Waals surface area contributed by atoms with Gasteiger partial charge < -0.3 is 25.0 Å². The van der Waals surface area contributed by atoms with Crippen LogP contribution in [-0.4, -0.2) is 65.7 Å². The fraction of sp³-hybridized carbons (Fsp3) is 0.385. The Bertz CT molecular complexity index is 1090. The summed E-state index contributed by atoms with van der Waals surface area (Å²) in [5.74, 6) is 6.95. The zero-order chi connectivity index (χ0) is 23.5. The Balaban J connectivity index is 1.51. The molecule has 0 bridgehead atoms. The van der Waals surface area contributed by atoms with Gasteiger partial charge in [0.25, 0.3) is 0 Å². The zero-order valence-electron chi connectivity index (χ0n) is 19.1. The molecule has 2 fully saturated rings. The van der Waals surface area contributed by atoms with Crippen LogP contribution < -0.4 is 10.1 Å². The molecule has 2 N–H and O–H groups in total. The van der Waals surface area contributed by atoms with E-state index in [2.05, 4.69) is 17.2 Å². The topological polar surface area (TPSA) is 82.1 Å². The number of urea groups is 1. The van der Waals surface area contributed by atoms with E-state index in [4.69, 9.17) is 4.74 Å². The van der Waals surface area contributed by atoms with Crippen molar-refractivity contribution in [2.45, 2.75) is 31.8 Å². The van der Waals surface area contributed by atoms with Gasteiger partial charge in [0, 0.05) is 23.9 Å². The molecule has 4 rings (SSSR count). The Morgan fingerprint density at radius 3 is 2.61 bits per heavy atom. The smallest absolute Gasteiger partial charge is 0.322 e. The molecule has 3 atom stereocenters. The van der Waals surface area contributed by atoms with Crippen LogP contribution >= 0.6 is 0 Å². The van der Waals surface area contributed by atoms with Crippen molar-refractivity contribution < 1.29 is 19.4 Å². The van der Waals surface area contributed by atoms with Gasteiger partial charge in [-0.2, -0.15) is 0 Å². The van der Waals surface area contributed by atoms with Gasteiger partial charge in [-0.1, -0.05) is 50.0 Å². The Labute approximate surface area is 194 Å². The number of aliphatic hydroxyl groups excluding tert-OH is 1. The van der Waals surface area contributed by atoms with Crippen LogP contribution in [0.4, 0.5) is 10.5 Å². The standard InChI is InChI=1S/C26H29N3O4/c1-17(2)8-9-18-10-12-19(13-11-18)25-21-14-28(15-24(31)29(21)22(25)16-30)26(32)27-20-6-4-5-7-23(20)33-3/h4-7,10-13,17,21-22,25,30H,14-16H2,1-3H3,(H,27,32)/t21-,22+,25-/m0/s1. The average molecular weight is 448 g/mol. The highest BCUT2D eigenvalue weighted by molar-refractivity contribution is 5.94. The molecule has 0 aromatic heterocycles. The summed E-state index contributed by atoms with van der Waals surface area (Å²) < 4.78 is 5.30. The number of fused-ring (bicyclic) bond motifs is 1. The number of nitrogens with one attached hydrogen (secondary N) is 1. The van der Waals surface area contributed by atoms with Crippen LogP contribution in [0.25, 0.3) is 0 Å². The van der Waals surface area contributed by atoms with E-state index in [0.29, 0.717) is 23.9 Å². The van der Waals surface area contributed by atoms with Gasteiger partial charge >= 0.3 is 6.03 Å². The Morgan fingerprint density at radius 1 is 1.21 bits per heavy atom. The van der Waals surface area contributed by atoms with Crippen molar-refractivity contribution in [2.75, 3.05) is 32.1 Å². The first-order valence-electron chi connectivity index (χ1n) is 11.2. The molecule has 172 valence electrons. The first-order chi connectivity index (χ1) is 15.9. The molecule has 0 saturated carbocycles. The highest BCUT2D eigenvalue weighted by atomic mass is 16.5. The molecule has 2 aromatic rings. The molecule has 0 unspecified atom stereocenters. The third-order valence-electron chi connectivity index (χ3n) is 6.19. The van der Waals surface area contributed by atoms with E-state index in [0.717, 1.165) is 11.1 Å². The van der Waals surface area contributed by atoms with Gasteiger partial charge in [0.15, 0.2) is 0 Å². The van der Waals surface area contributed by atoms with Crippen molar-refractivity contribution in [1.82, 2.24) is 9.80 Å². The number of aliphatic hydroxyl groups is 1. The Hall–Kier alpha value is -3.50. The summed E-state index contributed by atoms with van der Waals surface area (Å²) in [5.41, 5.74) is 2.52. The minimum absolute atomic E-state index is 0.0234. The summed E-state index contributed by atoms with van der Waals surface area (Å²) in [6, 6.07) is 14.3. The lowest BCUT2D eigenvalue weighted by molar-refractivity contribution is -0.159. The molecule has 2 aliphatic rings. The number of benzene rings is 2. The number of methoxy groups -OCH3 is 1. The van der Waals surface area contributed by atoms with Gasteiger partial charge in [-0.15, -0.1) is 0 Å². The minimum Gasteiger partial charge on any atom is -0.495 e. The summed E-state index contributed by atoms with van der Waals surface area (Å²) in [7, 11) is 1.54. The molecular weight excluding hydrogens is 418 g/mol. The number of hydrogen-bond donors (Lipinski definition) is 2. The molecule has 2 saturated heterocycles. The van der Waals surface area contributed by atoms with E-state index >= 15 is 0 Å². The van der Waals surface area contributed by atoms with Crippen LogP contribution in [0.2, 0.25) is 0 Å². The predicted octanol–water partition coefficient (Wildman–Crippen LogP) is 2.91. The van der Waals surface area contributed by atoms with Crippen LogP contribution in [0.3, 0.4) is 0 Å². The normalized spacial score (nSPS) is 21.6. The third-order valence-corrected chi connectivity index (χ3v) is 6.19. The van der Waals surface area contributed by atoms with E-state index in [9.17, 15) is 14.7 Å². The number of amides is 3. The van der Waals surface area contributed by atoms with Crippen LogP contribution in [-0.2, 0) is 4.79 Å². The molecule has 0 radical (unpaired) electrons. The minimum atomic E-state index is -0.349. The Kier molecular flexibility index (Phi) is 6.57. The molecule has 2 aromatic carbocycles. The molecule has 2 aliphatic heterocycles. The highest BCUT2D eigenvalue weighted by Gasteiger charge is 2.54. The number of piperazine rings is 1. The van der Waals surface area contributed by atoms with Gasteiger partial charge in [0.1, 0.15) is 12.3 Å². The van der Waals surface area contributed by atoms with Crippen LogP contribution in [0, 0.1) is 17.8 Å². The van der Waals surface area contributed by atoms with E-state index in [1.807, 2.05) is 50.2 Å². The number of carbonyl (C=O) groups is 2. The van der Waals surface area contributed by atoms with Crippen molar-refractivity contribution in [1.29, 1.82) is 0 Å². The summed E-state index contributed by atoms with van der Waals surface area (Å²) in [5, 5.41) is 12.8. The molecule has 33 heavy (non-hydrogen) atoms. The van der Waals surface area contributed by atoms with Gasteiger partial charge in [-0.05, 0) is 29.8 Å². The van der Waals surface area contributed by atoms with Crippen LogP contribution in [0.1, 0.15) is 30.9 Å². The molecule has 2 heterocycles. The first-order valence-corrected chi connectivity index (χ1v) is 11.2. The second-order valence-electron chi connectivity index (χ2n) is 8.70. The fourth-order valence-electron chi connectivity index (χ4n) is 4.61. The van der Waals surface area contributed by atoms with Crippen molar-refractivity contribution in [2.24, 2.45) is 5.92 Å². The zero-order valence-corrected chi connectivity index (χ0v) is 19.1. The predicted molar refractivity (Wildman–Crippen MR) is 126 cm³/mol. The maximum atomic E-state index is 12.9. The lowest BCUT2D eigenvalue weighted by Crippen LogP contribution is -2.73. The van der Waals surface area contributed by atoms with Gasteiger partial charge in [-0.25, -0.2) is 4.79 Å². The number of hydrogen-bond acceptors (Lipinski definition) is 4. The van der Waals surface area contributed by atoms with Crippen LogP contribution in [0.15, 0.2) is 48.5 Å². The maximum Gasteiger partial charge on any atom is 0.322 e. The number of rotatable bonds is 4. The van der Waals surface area contributed by atoms with Crippen molar-refractivity contribution in [3.8, 4) is 17.6 Å². The van der Waals surface area contributed by atoms with E-state index in [-0.39, 0.29) is 43.1 Å². The molecule has 7 nitrogen and oxygen atoms in total. The molecule has 7 heteroatoms. The largest absolute Gasteiger partial charge is 0.495 e. The second kappa shape index (κ2) is 9.55. The Morgan fingerprint density at radius 2 is 1.94 bits per heavy atom. The van der Waals surface area contributed by atoms with Crippen LogP contribution in [0.5, 0.6) is 5.75 Å². The van der Waals surface area contributed by atoms with E-state index in [1.54, 1.807) is 24.1 Å². The lowest BCUT2D eigenvalue weighted by Gasteiger charge is -2.58. The van der Waals surface area contributed by atoms with E-state index in [1.165, 1.54) is 4.90 Å². The molecule has 3 amide bonds. The number of ether oxygens (including phenoxy) is 1.